The molecule has 1 N–H and O–H groups in total. The lowest BCUT2D eigenvalue weighted by molar-refractivity contribution is 0.0950. The normalized spacial score (nSPS) is 17.6. The van der Waals surface area contributed by atoms with Gasteiger partial charge in [-0.25, -0.2) is 0 Å². The average Bonchev–Trinajstić information content (AvgIpc) is 2.96. The Labute approximate surface area is 142 Å². The van der Waals surface area contributed by atoms with Crippen molar-refractivity contribution >= 4 is 17.2 Å². The summed E-state index contributed by atoms with van der Waals surface area (Å²) in [6.07, 6.45) is 6.84. The number of hydrogen-bond donors (Lipinski definition) is 1. The maximum Gasteiger partial charge on any atom is 0.252 e. The zero-order valence-electron chi connectivity index (χ0n) is 14.1. The van der Waals surface area contributed by atoms with E-state index in [2.05, 4.69) is 31.1 Å². The van der Waals surface area contributed by atoms with Crippen LogP contribution in [0.2, 0.25) is 0 Å². The van der Waals surface area contributed by atoms with Gasteiger partial charge in [0.1, 0.15) is 0 Å². The van der Waals surface area contributed by atoms with E-state index in [1.165, 1.54) is 16.9 Å². The van der Waals surface area contributed by atoms with Crippen molar-refractivity contribution in [2.45, 2.75) is 46.6 Å². The van der Waals surface area contributed by atoms with Crippen molar-refractivity contribution in [3.8, 4) is 0 Å². The molecule has 1 unspecified atom stereocenters. The average molecular weight is 328 g/mol. The Morgan fingerprint density at radius 1 is 1.43 bits per heavy atom. The Morgan fingerprint density at radius 3 is 2.96 bits per heavy atom. The molecule has 1 amide bonds. The first-order chi connectivity index (χ1) is 10.9. The molecular formula is C19H24N2OS. The van der Waals surface area contributed by atoms with Gasteiger partial charge in [-0.1, -0.05) is 26.8 Å². The molecule has 122 valence electrons. The molecule has 2 aromatic heterocycles. The number of fused-ring (bicyclic) bond motifs is 1. The molecular weight excluding hydrogens is 304 g/mol. The van der Waals surface area contributed by atoms with Gasteiger partial charge in [-0.15, -0.1) is 11.3 Å². The van der Waals surface area contributed by atoms with Crippen molar-refractivity contribution < 1.29 is 4.79 Å². The lowest BCUT2D eigenvalue weighted by Crippen LogP contribution is -2.28. The lowest BCUT2D eigenvalue weighted by atomic mass is 9.72. The van der Waals surface area contributed by atoms with Gasteiger partial charge in [-0.05, 0) is 47.8 Å². The first kappa shape index (κ1) is 16.2. The molecule has 3 rings (SSSR count). The number of carbonyl (C=O) groups is 1. The molecule has 1 aliphatic rings. The summed E-state index contributed by atoms with van der Waals surface area (Å²) in [6, 6.07) is 3.87. The molecule has 1 aliphatic carbocycles. The number of nitrogens with zero attached hydrogens (tertiary/aromatic N) is 1. The van der Waals surface area contributed by atoms with E-state index in [9.17, 15) is 4.79 Å². The van der Waals surface area contributed by atoms with Gasteiger partial charge >= 0.3 is 0 Å². The van der Waals surface area contributed by atoms with Crippen LogP contribution < -0.4 is 5.32 Å². The quantitative estimate of drug-likeness (QED) is 0.916. The van der Waals surface area contributed by atoms with E-state index in [1.54, 1.807) is 23.7 Å². The fourth-order valence-electron chi connectivity index (χ4n) is 3.22. The van der Waals surface area contributed by atoms with Crippen molar-refractivity contribution in [2.75, 3.05) is 0 Å². The van der Waals surface area contributed by atoms with Crippen LogP contribution in [0.4, 0.5) is 0 Å². The Morgan fingerprint density at radius 2 is 2.26 bits per heavy atom. The number of aromatic nitrogens is 1. The zero-order chi connectivity index (χ0) is 16.4. The van der Waals surface area contributed by atoms with Gasteiger partial charge in [0.2, 0.25) is 0 Å². The molecule has 0 aromatic carbocycles. The van der Waals surface area contributed by atoms with E-state index in [0.29, 0.717) is 17.9 Å². The van der Waals surface area contributed by atoms with Gasteiger partial charge in [0, 0.05) is 29.2 Å². The van der Waals surface area contributed by atoms with E-state index in [4.69, 9.17) is 0 Å². The molecule has 3 nitrogen and oxygen atoms in total. The van der Waals surface area contributed by atoms with Crippen molar-refractivity contribution in [3.05, 3.63) is 51.5 Å². The summed E-state index contributed by atoms with van der Waals surface area (Å²) in [5.74, 6) is 0.750. The van der Waals surface area contributed by atoms with E-state index < -0.39 is 0 Å². The smallest absolute Gasteiger partial charge is 0.252 e. The summed E-state index contributed by atoms with van der Waals surface area (Å²) in [4.78, 5) is 18.0. The Hall–Kier alpha value is -1.68. The molecule has 0 bridgehead atoms. The number of nitrogens with one attached hydrogen (secondary N) is 1. The Balaban J connectivity index is 1.68. The molecule has 2 heterocycles. The fourth-order valence-corrected chi connectivity index (χ4v) is 4.38. The van der Waals surface area contributed by atoms with Gasteiger partial charge in [0.15, 0.2) is 0 Å². The highest BCUT2D eigenvalue weighted by atomic mass is 32.1. The highest BCUT2D eigenvalue weighted by Gasteiger charge is 2.31. The lowest BCUT2D eigenvalue weighted by Gasteiger charge is -2.34. The number of thiophene rings is 1. The number of rotatable bonds is 3. The minimum absolute atomic E-state index is 0.0422. The molecule has 2 aromatic rings. The molecule has 23 heavy (non-hydrogen) atoms. The van der Waals surface area contributed by atoms with Gasteiger partial charge in [-0.2, -0.15) is 0 Å². The summed E-state index contributed by atoms with van der Waals surface area (Å²) < 4.78 is 0. The Bertz CT molecular complexity index is 685. The topological polar surface area (TPSA) is 42.0 Å². The minimum atomic E-state index is 0.0422. The molecule has 0 spiro atoms. The van der Waals surface area contributed by atoms with Gasteiger partial charge in [-0.3, -0.25) is 9.78 Å². The summed E-state index contributed by atoms with van der Waals surface area (Å²) in [5, 5.41) is 5.06. The monoisotopic (exact) mass is 328 g/mol. The third kappa shape index (κ3) is 3.63. The molecule has 0 fully saturated rings. The van der Waals surface area contributed by atoms with Crippen molar-refractivity contribution in [3.63, 3.8) is 0 Å². The number of pyridine rings is 1. The van der Waals surface area contributed by atoms with Crippen LogP contribution in [0, 0.1) is 11.3 Å². The van der Waals surface area contributed by atoms with Crippen molar-refractivity contribution in [2.24, 2.45) is 11.3 Å². The van der Waals surface area contributed by atoms with E-state index in [0.717, 1.165) is 24.0 Å². The second-order valence-corrected chi connectivity index (χ2v) is 8.37. The van der Waals surface area contributed by atoms with Gasteiger partial charge < -0.3 is 5.32 Å². The van der Waals surface area contributed by atoms with Crippen LogP contribution in [-0.2, 0) is 19.4 Å². The summed E-state index contributed by atoms with van der Waals surface area (Å²) >= 11 is 1.75. The predicted molar refractivity (Wildman–Crippen MR) is 94.7 cm³/mol. The number of carbonyl (C=O) groups excluding carboxylic acids is 1. The molecule has 0 saturated heterocycles. The molecule has 4 heteroatoms. The standard InChI is InChI=1S/C19H24N2OS/c1-19(2,3)14-6-7-15-16(12-23-17(15)9-14)18(22)21-11-13-5-4-8-20-10-13/h4-5,8,10,12,14H,6-7,9,11H2,1-3H3,(H,21,22). The molecule has 0 saturated carbocycles. The highest BCUT2D eigenvalue weighted by molar-refractivity contribution is 7.10. The molecule has 0 aliphatic heterocycles. The third-order valence-electron chi connectivity index (χ3n) is 4.80. The number of amides is 1. The predicted octanol–water partition coefficient (Wildman–Crippen LogP) is 4.22. The van der Waals surface area contributed by atoms with Crippen LogP contribution in [0.5, 0.6) is 0 Å². The van der Waals surface area contributed by atoms with Crippen LogP contribution in [0.3, 0.4) is 0 Å². The SMILES string of the molecule is CC(C)(C)C1CCc2c(C(=O)NCc3cccnc3)csc2C1. The fraction of sp³-hybridized carbons (Fsp3) is 0.474. The van der Waals surface area contributed by atoms with Crippen molar-refractivity contribution in [1.82, 2.24) is 10.3 Å². The number of hydrogen-bond acceptors (Lipinski definition) is 3. The molecule has 1 atom stereocenters. The maximum absolute atomic E-state index is 12.5. The highest BCUT2D eigenvalue weighted by Crippen LogP contribution is 2.40. The van der Waals surface area contributed by atoms with E-state index in [1.807, 2.05) is 17.5 Å². The third-order valence-corrected chi connectivity index (χ3v) is 5.85. The summed E-state index contributed by atoms with van der Waals surface area (Å²) in [5.41, 5.74) is 3.52. The first-order valence-electron chi connectivity index (χ1n) is 8.21. The minimum Gasteiger partial charge on any atom is -0.348 e. The second kappa shape index (κ2) is 6.44. The first-order valence-corrected chi connectivity index (χ1v) is 9.09. The van der Waals surface area contributed by atoms with Gasteiger partial charge in [0.05, 0.1) is 5.56 Å². The zero-order valence-corrected chi connectivity index (χ0v) is 14.9. The van der Waals surface area contributed by atoms with Crippen LogP contribution in [0.25, 0.3) is 0 Å². The van der Waals surface area contributed by atoms with E-state index >= 15 is 0 Å². The summed E-state index contributed by atoms with van der Waals surface area (Å²) in [6.45, 7) is 7.48. The maximum atomic E-state index is 12.5. The van der Waals surface area contributed by atoms with Gasteiger partial charge in [0.25, 0.3) is 5.91 Å². The largest absolute Gasteiger partial charge is 0.348 e. The van der Waals surface area contributed by atoms with Crippen LogP contribution in [0.1, 0.15) is 53.6 Å². The second-order valence-electron chi connectivity index (χ2n) is 7.40. The van der Waals surface area contributed by atoms with Crippen molar-refractivity contribution in [1.29, 1.82) is 0 Å². The van der Waals surface area contributed by atoms with Crippen LogP contribution in [0.15, 0.2) is 29.9 Å². The molecule has 0 radical (unpaired) electrons. The van der Waals surface area contributed by atoms with Crippen LogP contribution >= 0.6 is 11.3 Å². The van der Waals surface area contributed by atoms with E-state index in [-0.39, 0.29) is 5.91 Å². The summed E-state index contributed by atoms with van der Waals surface area (Å²) in [7, 11) is 0. The Kier molecular flexibility index (Phi) is 4.53. The van der Waals surface area contributed by atoms with Crippen LogP contribution in [-0.4, -0.2) is 10.9 Å².